The summed E-state index contributed by atoms with van der Waals surface area (Å²) in [6, 6.07) is 8.92. The van der Waals surface area contributed by atoms with E-state index < -0.39 is 17.7 Å². The first-order valence-corrected chi connectivity index (χ1v) is 8.23. The zero-order valence-electron chi connectivity index (χ0n) is 14.1. The van der Waals surface area contributed by atoms with Gasteiger partial charge in [-0.3, -0.25) is 4.79 Å². The fraction of sp³-hybridized carbons (Fsp3) is 0.556. The lowest BCUT2D eigenvalue weighted by atomic mass is 9.70. The zero-order valence-corrected chi connectivity index (χ0v) is 14.1. The molecule has 0 heterocycles. The Balaban J connectivity index is 3.23. The van der Waals surface area contributed by atoms with E-state index in [0.717, 1.165) is 6.29 Å². The van der Waals surface area contributed by atoms with Crippen LogP contribution in [-0.2, 0) is 15.1 Å². The third kappa shape index (κ3) is 5.21. The van der Waals surface area contributed by atoms with E-state index in [9.17, 15) is 9.59 Å². The van der Waals surface area contributed by atoms with E-state index in [0.29, 0.717) is 12.1 Å². The van der Waals surface area contributed by atoms with Crippen LogP contribution in [0.3, 0.4) is 0 Å². The molecule has 6 heteroatoms. The van der Waals surface area contributed by atoms with Crippen molar-refractivity contribution in [3.05, 3.63) is 35.9 Å². The van der Waals surface area contributed by atoms with Gasteiger partial charge in [0.05, 0.1) is 0 Å². The average Bonchev–Trinajstić information content (AvgIpc) is 2.58. The van der Waals surface area contributed by atoms with Crippen molar-refractivity contribution in [1.29, 1.82) is 0 Å². The van der Waals surface area contributed by atoms with Gasteiger partial charge in [-0.2, -0.15) is 0 Å². The molecule has 0 spiro atoms. The fourth-order valence-corrected chi connectivity index (χ4v) is 2.90. The van der Waals surface area contributed by atoms with Crippen molar-refractivity contribution in [3.63, 3.8) is 0 Å². The van der Waals surface area contributed by atoms with Gasteiger partial charge in [-0.1, -0.05) is 37.3 Å². The van der Waals surface area contributed by atoms with Crippen LogP contribution in [0.5, 0.6) is 0 Å². The highest BCUT2D eigenvalue weighted by Gasteiger charge is 2.42. The van der Waals surface area contributed by atoms with Gasteiger partial charge in [-0.15, -0.1) is 0 Å². The monoisotopic (exact) mass is 336 g/mol. The largest absolute Gasteiger partial charge is 0.368 e. The van der Waals surface area contributed by atoms with Gasteiger partial charge in [0.1, 0.15) is 11.8 Å². The van der Waals surface area contributed by atoms with Crippen molar-refractivity contribution in [3.8, 4) is 0 Å². The molecule has 0 aliphatic carbocycles. The lowest BCUT2D eigenvalue weighted by Crippen LogP contribution is -2.52. The molecule has 0 aliphatic heterocycles. The van der Waals surface area contributed by atoms with Crippen LogP contribution < -0.4 is 11.5 Å². The standard InChI is InChI=1S/C18H28N2O4/c1-13(12-19)11-16(22)18(20,14-5-3-2-4-6-14)15(9-10-21)7-8-17(23)24/h2-6,10,13,15,17,23-24H,7-9,11-12,19-20H2,1H3. The third-order valence-corrected chi connectivity index (χ3v) is 4.45. The summed E-state index contributed by atoms with van der Waals surface area (Å²) in [7, 11) is 0. The molecular formula is C18H28N2O4. The average molecular weight is 336 g/mol. The number of nitrogens with two attached hydrogens (primary N) is 2. The molecule has 134 valence electrons. The van der Waals surface area contributed by atoms with Crippen molar-refractivity contribution >= 4 is 12.1 Å². The summed E-state index contributed by atoms with van der Waals surface area (Å²) in [6.07, 6.45) is -0.204. The van der Waals surface area contributed by atoms with E-state index in [1.54, 1.807) is 24.3 Å². The maximum atomic E-state index is 13.0. The van der Waals surface area contributed by atoms with Gasteiger partial charge in [0, 0.05) is 12.8 Å². The molecule has 1 aromatic carbocycles. The third-order valence-electron chi connectivity index (χ3n) is 4.45. The molecule has 1 rings (SSSR count). The van der Waals surface area contributed by atoms with Crippen molar-refractivity contribution in [2.45, 2.75) is 44.4 Å². The van der Waals surface area contributed by atoms with E-state index in [1.165, 1.54) is 0 Å². The van der Waals surface area contributed by atoms with Crippen LogP contribution in [0, 0.1) is 11.8 Å². The van der Waals surface area contributed by atoms with Gasteiger partial charge >= 0.3 is 0 Å². The lowest BCUT2D eigenvalue weighted by Gasteiger charge is -2.37. The predicted octanol–water partition coefficient (Wildman–Crippen LogP) is 0.691. The molecule has 0 aromatic heterocycles. The van der Waals surface area contributed by atoms with Crippen LogP contribution in [0.25, 0.3) is 0 Å². The van der Waals surface area contributed by atoms with Gasteiger partial charge in [0.25, 0.3) is 0 Å². The van der Waals surface area contributed by atoms with Crippen molar-refractivity contribution in [2.75, 3.05) is 6.54 Å². The van der Waals surface area contributed by atoms with Crippen LogP contribution in [0.1, 0.15) is 38.2 Å². The smallest absolute Gasteiger partial charge is 0.157 e. The molecule has 0 bridgehead atoms. The first kappa shape index (κ1) is 20.4. The summed E-state index contributed by atoms with van der Waals surface area (Å²) < 4.78 is 0. The number of carbonyl (C=O) groups is 2. The minimum Gasteiger partial charge on any atom is -0.368 e. The second-order valence-electron chi connectivity index (χ2n) is 6.36. The minimum atomic E-state index is -1.50. The molecule has 24 heavy (non-hydrogen) atoms. The number of aldehydes is 1. The highest BCUT2D eigenvalue weighted by atomic mass is 16.5. The number of aliphatic hydroxyl groups excluding tert-OH is 1. The quantitative estimate of drug-likeness (QED) is 0.348. The Bertz CT molecular complexity index is 521. The van der Waals surface area contributed by atoms with Crippen LogP contribution >= 0.6 is 0 Å². The van der Waals surface area contributed by atoms with Gasteiger partial charge in [0.15, 0.2) is 12.1 Å². The summed E-state index contributed by atoms with van der Waals surface area (Å²) in [5.41, 5.74) is 11.5. The molecule has 6 N–H and O–H groups in total. The first-order valence-electron chi connectivity index (χ1n) is 8.23. The Labute approximate surface area is 142 Å². The Morgan fingerprint density at radius 1 is 1.25 bits per heavy atom. The van der Waals surface area contributed by atoms with Crippen LogP contribution in [0.15, 0.2) is 30.3 Å². The van der Waals surface area contributed by atoms with E-state index in [-0.39, 0.29) is 37.4 Å². The molecule has 0 saturated carbocycles. The number of Topliss-reactive ketones (excluding diaryl/α,β-unsaturated/α-hetero) is 1. The normalized spacial score (nSPS) is 16.4. The van der Waals surface area contributed by atoms with Crippen LogP contribution in [-0.4, -0.2) is 35.1 Å². The Kier molecular flexibility index (Phi) is 8.21. The van der Waals surface area contributed by atoms with Crippen molar-refractivity contribution in [1.82, 2.24) is 0 Å². The molecule has 0 fully saturated rings. The molecule has 0 radical (unpaired) electrons. The molecule has 6 nitrogen and oxygen atoms in total. The van der Waals surface area contributed by atoms with E-state index >= 15 is 0 Å². The number of hydrogen-bond acceptors (Lipinski definition) is 6. The van der Waals surface area contributed by atoms with E-state index in [2.05, 4.69) is 0 Å². The number of rotatable bonds is 11. The van der Waals surface area contributed by atoms with E-state index in [1.807, 2.05) is 13.0 Å². The van der Waals surface area contributed by atoms with Gasteiger partial charge < -0.3 is 26.5 Å². The second kappa shape index (κ2) is 9.64. The summed E-state index contributed by atoms with van der Waals surface area (Å²) in [4.78, 5) is 24.1. The first-order chi connectivity index (χ1) is 11.4. The van der Waals surface area contributed by atoms with Crippen LogP contribution in [0.4, 0.5) is 0 Å². The topological polar surface area (TPSA) is 127 Å². The summed E-state index contributed by atoms with van der Waals surface area (Å²) >= 11 is 0. The Hall–Kier alpha value is -1.60. The predicted molar refractivity (Wildman–Crippen MR) is 91.8 cm³/mol. The molecular weight excluding hydrogens is 308 g/mol. The molecule has 3 atom stereocenters. The number of ketones is 1. The molecule has 0 aliphatic rings. The van der Waals surface area contributed by atoms with Crippen LogP contribution in [0.2, 0.25) is 0 Å². The maximum absolute atomic E-state index is 13.0. The Morgan fingerprint density at radius 2 is 1.88 bits per heavy atom. The maximum Gasteiger partial charge on any atom is 0.157 e. The Morgan fingerprint density at radius 3 is 2.38 bits per heavy atom. The highest BCUT2D eigenvalue weighted by molar-refractivity contribution is 5.90. The van der Waals surface area contributed by atoms with Gasteiger partial charge in [-0.25, -0.2) is 0 Å². The van der Waals surface area contributed by atoms with Crippen molar-refractivity contribution < 1.29 is 19.8 Å². The number of aliphatic hydroxyl groups is 2. The molecule has 0 saturated heterocycles. The number of hydrogen-bond donors (Lipinski definition) is 4. The van der Waals surface area contributed by atoms with Gasteiger partial charge in [-0.05, 0) is 36.8 Å². The highest BCUT2D eigenvalue weighted by Crippen LogP contribution is 2.35. The summed E-state index contributed by atoms with van der Waals surface area (Å²) in [5, 5.41) is 18.3. The number of benzene rings is 1. The van der Waals surface area contributed by atoms with Gasteiger partial charge in [0.2, 0.25) is 0 Å². The molecule has 1 aromatic rings. The summed E-state index contributed by atoms with van der Waals surface area (Å²) in [6.45, 7) is 2.24. The minimum absolute atomic E-state index is 0.0237. The second-order valence-corrected chi connectivity index (χ2v) is 6.36. The lowest BCUT2D eigenvalue weighted by molar-refractivity contribution is -0.128. The zero-order chi connectivity index (χ0) is 18.2. The number of carbonyl (C=O) groups excluding carboxylic acids is 2. The SMILES string of the molecule is CC(CN)CC(=O)C(N)(c1ccccc1)C(CC=O)CCC(O)O. The van der Waals surface area contributed by atoms with E-state index in [4.69, 9.17) is 21.7 Å². The molecule has 3 unspecified atom stereocenters. The summed E-state index contributed by atoms with van der Waals surface area (Å²) in [5.74, 6) is -0.730. The molecule has 0 amide bonds. The van der Waals surface area contributed by atoms with Crippen molar-refractivity contribution in [2.24, 2.45) is 23.3 Å². The fourth-order valence-electron chi connectivity index (χ4n) is 2.90.